The molecule has 240 valence electrons. The van der Waals surface area contributed by atoms with E-state index in [1.807, 2.05) is 24.3 Å². The molecule has 2 atom stereocenters. The monoisotopic (exact) mass is 656 g/mol. The predicted octanol–water partition coefficient (Wildman–Crippen LogP) is 6.39. The highest BCUT2D eigenvalue weighted by Crippen LogP contribution is 2.43. The van der Waals surface area contributed by atoms with Gasteiger partial charge in [0, 0.05) is 49.4 Å². The van der Waals surface area contributed by atoms with Crippen molar-refractivity contribution in [2.24, 2.45) is 0 Å². The van der Waals surface area contributed by atoms with E-state index in [-0.39, 0.29) is 23.7 Å². The first-order chi connectivity index (χ1) is 22.6. The van der Waals surface area contributed by atoms with E-state index < -0.39 is 0 Å². The number of amides is 2. The van der Waals surface area contributed by atoms with Crippen molar-refractivity contribution in [2.45, 2.75) is 76.0 Å². The molecule has 2 aromatic carbocycles. The van der Waals surface area contributed by atoms with Crippen LogP contribution in [0.2, 0.25) is 0 Å². The van der Waals surface area contributed by atoms with Gasteiger partial charge in [0.15, 0.2) is 0 Å². The van der Waals surface area contributed by atoms with E-state index in [0.717, 1.165) is 73.0 Å². The number of nitrogens with zero attached hydrogens (tertiary/aromatic N) is 6. The fourth-order valence-electron chi connectivity index (χ4n) is 6.91. The van der Waals surface area contributed by atoms with Crippen LogP contribution in [0.5, 0.6) is 0 Å². The Hall–Kier alpha value is -3.90. The molecule has 46 heavy (non-hydrogen) atoms. The lowest BCUT2D eigenvalue weighted by Crippen LogP contribution is -2.18. The number of carbonyl (C=O) groups excluding carboxylic acids is 2. The van der Waals surface area contributed by atoms with Crippen molar-refractivity contribution in [3.63, 3.8) is 0 Å². The number of aromatic nitrogens is 4. The van der Waals surface area contributed by atoms with Gasteiger partial charge < -0.3 is 20.4 Å². The van der Waals surface area contributed by atoms with Crippen LogP contribution in [0.15, 0.2) is 48.5 Å². The molecule has 2 N–H and O–H groups in total. The summed E-state index contributed by atoms with van der Waals surface area (Å²) >= 11 is 2.93. The Labute approximate surface area is 277 Å². The largest absolute Gasteiger partial charge is 0.372 e. The zero-order chi connectivity index (χ0) is 31.3. The number of hydrogen-bond donors (Lipinski definition) is 2. The second-order valence-electron chi connectivity index (χ2n) is 12.6. The van der Waals surface area contributed by atoms with E-state index in [1.54, 1.807) is 0 Å². The van der Waals surface area contributed by atoms with Gasteiger partial charge in [0.25, 0.3) is 0 Å². The third-order valence-electron chi connectivity index (χ3n) is 9.24. The molecule has 1 saturated carbocycles. The molecule has 12 heteroatoms. The number of anilines is 4. The first-order valence-corrected chi connectivity index (χ1v) is 18.1. The van der Waals surface area contributed by atoms with Gasteiger partial charge in [-0.25, -0.2) is 0 Å². The Morgan fingerprint density at radius 2 is 1.11 bits per heavy atom. The summed E-state index contributed by atoms with van der Waals surface area (Å²) in [5.41, 5.74) is 4.38. The Morgan fingerprint density at radius 1 is 0.652 bits per heavy atom. The van der Waals surface area contributed by atoms with Gasteiger partial charge in [-0.3, -0.25) is 9.59 Å². The maximum absolute atomic E-state index is 12.9. The summed E-state index contributed by atoms with van der Waals surface area (Å²) in [4.78, 5) is 30.5. The van der Waals surface area contributed by atoms with Gasteiger partial charge in [-0.15, -0.1) is 20.4 Å². The molecule has 0 unspecified atom stereocenters. The van der Waals surface area contributed by atoms with E-state index in [4.69, 9.17) is 0 Å². The van der Waals surface area contributed by atoms with Gasteiger partial charge in [0.2, 0.25) is 22.1 Å². The molecule has 3 fully saturated rings. The molecule has 7 rings (SSSR count). The molecule has 2 aliphatic heterocycles. The molecule has 1 aliphatic carbocycles. The average Bonchev–Trinajstić information content (AvgIpc) is 3.90. The molecular formula is C34H40N8O2S2. The quantitative estimate of drug-likeness (QED) is 0.202. The summed E-state index contributed by atoms with van der Waals surface area (Å²) in [6.07, 6.45) is 9.52. The molecule has 0 bridgehead atoms. The van der Waals surface area contributed by atoms with Crippen molar-refractivity contribution in [2.75, 3.05) is 46.6 Å². The lowest BCUT2D eigenvalue weighted by atomic mass is 9.82. The van der Waals surface area contributed by atoms with E-state index in [2.05, 4.69) is 65.1 Å². The van der Waals surface area contributed by atoms with Crippen LogP contribution in [0.1, 0.15) is 84.3 Å². The van der Waals surface area contributed by atoms with Crippen molar-refractivity contribution in [3.05, 3.63) is 69.7 Å². The van der Waals surface area contributed by atoms with Crippen LogP contribution in [0.3, 0.4) is 0 Å². The van der Waals surface area contributed by atoms with Crippen molar-refractivity contribution in [1.82, 2.24) is 20.4 Å². The number of benzene rings is 2. The van der Waals surface area contributed by atoms with Crippen LogP contribution in [-0.2, 0) is 22.4 Å². The molecule has 0 radical (unpaired) electrons. The second kappa shape index (κ2) is 14.3. The van der Waals surface area contributed by atoms with E-state index in [9.17, 15) is 9.59 Å². The van der Waals surface area contributed by atoms with Gasteiger partial charge in [-0.1, -0.05) is 53.4 Å². The first-order valence-electron chi connectivity index (χ1n) is 16.5. The Bertz CT molecular complexity index is 1540. The second-order valence-corrected chi connectivity index (χ2v) is 14.6. The lowest BCUT2D eigenvalue weighted by Gasteiger charge is -2.25. The number of rotatable bonds is 10. The molecule has 4 heterocycles. The van der Waals surface area contributed by atoms with Crippen molar-refractivity contribution >= 4 is 56.1 Å². The van der Waals surface area contributed by atoms with Crippen LogP contribution in [0.4, 0.5) is 21.6 Å². The van der Waals surface area contributed by atoms with Gasteiger partial charge in [-0.05, 0) is 80.3 Å². The maximum Gasteiger partial charge on any atom is 0.230 e. The standard InChI is InChI=1S/C34H40N8O2S2/c43-29(20-23-8-5-12-27(18-23)41-14-1-2-15-41)35-33-39-37-31(45-33)25-10-7-11-26(22-25)32-38-40-34(46-32)36-30(44)21-24-9-6-13-28(19-24)42-16-3-4-17-42/h5-6,8-9,12-13,18-19,25-26H,1-4,7,10-11,14-17,20-22H2,(H,35,39,43)(H,36,40,44)/t25-,26-/m0/s1. The number of carbonyl (C=O) groups is 2. The fourth-order valence-corrected chi connectivity index (χ4v) is 8.73. The van der Waals surface area contributed by atoms with Crippen LogP contribution in [0, 0.1) is 0 Å². The minimum absolute atomic E-state index is 0.0782. The van der Waals surface area contributed by atoms with E-state index >= 15 is 0 Å². The number of nitrogens with one attached hydrogen (secondary N) is 2. The Morgan fingerprint density at radius 3 is 1.57 bits per heavy atom. The molecule has 4 aromatic rings. The summed E-state index contributed by atoms with van der Waals surface area (Å²) in [6.45, 7) is 4.32. The summed E-state index contributed by atoms with van der Waals surface area (Å²) in [7, 11) is 0. The minimum Gasteiger partial charge on any atom is -0.372 e. The van der Waals surface area contributed by atoms with Gasteiger partial charge >= 0.3 is 0 Å². The summed E-state index contributed by atoms with van der Waals surface area (Å²) < 4.78 is 0. The van der Waals surface area contributed by atoms with Gasteiger partial charge in [0.1, 0.15) is 10.0 Å². The predicted molar refractivity (Wildman–Crippen MR) is 184 cm³/mol. The van der Waals surface area contributed by atoms with Crippen molar-refractivity contribution in [1.29, 1.82) is 0 Å². The van der Waals surface area contributed by atoms with Crippen molar-refractivity contribution < 1.29 is 9.59 Å². The summed E-state index contributed by atoms with van der Waals surface area (Å²) in [5, 5.41) is 26.5. The zero-order valence-electron chi connectivity index (χ0n) is 26.0. The van der Waals surface area contributed by atoms with Crippen LogP contribution in [0.25, 0.3) is 0 Å². The topological polar surface area (TPSA) is 116 Å². The molecule has 0 spiro atoms. The normalized spacial score (nSPS) is 19.8. The molecule has 3 aliphatic rings. The van der Waals surface area contributed by atoms with E-state index in [1.165, 1.54) is 59.7 Å². The Kier molecular flexibility index (Phi) is 9.52. The zero-order valence-corrected chi connectivity index (χ0v) is 27.6. The molecule has 2 amide bonds. The highest BCUT2D eigenvalue weighted by atomic mass is 32.1. The molecule has 2 aromatic heterocycles. The lowest BCUT2D eigenvalue weighted by molar-refractivity contribution is -0.116. The number of hydrogen-bond acceptors (Lipinski definition) is 10. The average molecular weight is 657 g/mol. The van der Waals surface area contributed by atoms with Crippen LogP contribution in [-0.4, -0.2) is 58.4 Å². The SMILES string of the molecule is O=C(Cc1cccc(N2CCCC2)c1)Nc1nnc([C@H]2CCC[C@H](c3nnc(NC(=O)Cc4cccc(N5CCCC5)c4)s3)C2)s1. The highest BCUT2D eigenvalue weighted by molar-refractivity contribution is 7.15. The molecular weight excluding hydrogens is 617 g/mol. The Balaban J connectivity index is 0.910. The summed E-state index contributed by atoms with van der Waals surface area (Å²) in [5.74, 6) is 0.351. The first kappa shape index (κ1) is 30.7. The van der Waals surface area contributed by atoms with E-state index in [0.29, 0.717) is 23.1 Å². The summed E-state index contributed by atoms with van der Waals surface area (Å²) in [6, 6.07) is 16.6. The van der Waals surface area contributed by atoms with Gasteiger partial charge in [0.05, 0.1) is 12.8 Å². The third-order valence-corrected chi connectivity index (χ3v) is 11.2. The smallest absolute Gasteiger partial charge is 0.230 e. The fraction of sp³-hybridized carbons (Fsp3) is 0.471. The third kappa shape index (κ3) is 7.55. The van der Waals surface area contributed by atoms with Gasteiger partial charge in [-0.2, -0.15) is 0 Å². The molecule has 10 nitrogen and oxygen atoms in total. The molecule has 2 saturated heterocycles. The van der Waals surface area contributed by atoms with Crippen molar-refractivity contribution in [3.8, 4) is 0 Å². The minimum atomic E-state index is -0.0782. The van der Waals surface area contributed by atoms with Crippen LogP contribution < -0.4 is 20.4 Å². The van der Waals surface area contributed by atoms with Crippen LogP contribution >= 0.6 is 22.7 Å². The maximum atomic E-state index is 12.9. The highest BCUT2D eigenvalue weighted by Gasteiger charge is 2.29.